The van der Waals surface area contributed by atoms with Crippen LogP contribution in [-0.2, 0) is 37.0 Å². The summed E-state index contributed by atoms with van der Waals surface area (Å²) in [5.74, 6) is -1.75. The Bertz CT molecular complexity index is 1040. The molecular formula is C25H26N2O6. The van der Waals surface area contributed by atoms with Crippen LogP contribution in [-0.4, -0.2) is 52.9 Å². The highest BCUT2D eigenvalue weighted by atomic mass is 16.7. The van der Waals surface area contributed by atoms with E-state index in [1.54, 1.807) is 24.3 Å². The molecule has 33 heavy (non-hydrogen) atoms. The standard InChI is InChI=1S/C25H26N2O6/c1-26(23(30)12-7-15-28)33-25(32)21-16-19-10-5-6-11-20(19)17-27(21)24(31)14-13-22(29)18-8-3-2-4-9-18/h2-6,8-11,15,21H,7,12-14,16-17H2,1H3. The van der Waals surface area contributed by atoms with Crippen molar-refractivity contribution in [2.24, 2.45) is 0 Å². The summed E-state index contributed by atoms with van der Waals surface area (Å²) in [5, 5.41) is 0.800. The van der Waals surface area contributed by atoms with E-state index in [9.17, 15) is 24.0 Å². The minimum Gasteiger partial charge on any atom is -0.336 e. The molecule has 0 bridgehead atoms. The third-order valence-electron chi connectivity index (χ3n) is 5.56. The van der Waals surface area contributed by atoms with Crippen LogP contribution in [0.15, 0.2) is 54.6 Å². The third-order valence-corrected chi connectivity index (χ3v) is 5.56. The van der Waals surface area contributed by atoms with Crippen molar-refractivity contribution in [2.45, 2.75) is 44.7 Å². The van der Waals surface area contributed by atoms with Gasteiger partial charge < -0.3 is 14.5 Å². The highest BCUT2D eigenvalue weighted by molar-refractivity contribution is 5.98. The van der Waals surface area contributed by atoms with Crippen LogP contribution in [0.4, 0.5) is 0 Å². The van der Waals surface area contributed by atoms with Crippen molar-refractivity contribution in [3.8, 4) is 0 Å². The van der Waals surface area contributed by atoms with Gasteiger partial charge in [0.2, 0.25) is 5.91 Å². The number of aldehydes is 1. The number of carbonyl (C=O) groups excluding carboxylic acids is 5. The number of fused-ring (bicyclic) bond motifs is 1. The maximum atomic E-state index is 13.1. The topological polar surface area (TPSA) is 101 Å². The maximum absolute atomic E-state index is 13.1. The Kier molecular flexibility index (Phi) is 8.07. The molecule has 0 N–H and O–H groups in total. The summed E-state index contributed by atoms with van der Waals surface area (Å²) in [6.07, 6.45) is 0.774. The van der Waals surface area contributed by atoms with Gasteiger partial charge in [-0.2, -0.15) is 5.06 Å². The van der Waals surface area contributed by atoms with E-state index in [0.717, 1.165) is 16.2 Å². The number of benzene rings is 2. The lowest BCUT2D eigenvalue weighted by molar-refractivity contribution is -0.198. The van der Waals surface area contributed by atoms with Gasteiger partial charge in [-0.15, -0.1) is 0 Å². The van der Waals surface area contributed by atoms with Gasteiger partial charge in [0, 0.05) is 51.3 Å². The van der Waals surface area contributed by atoms with Gasteiger partial charge >= 0.3 is 5.97 Å². The number of ketones is 1. The van der Waals surface area contributed by atoms with Gasteiger partial charge in [0.1, 0.15) is 12.3 Å². The second-order valence-corrected chi connectivity index (χ2v) is 7.81. The van der Waals surface area contributed by atoms with Gasteiger partial charge in [0.15, 0.2) is 5.78 Å². The molecule has 0 radical (unpaired) electrons. The summed E-state index contributed by atoms with van der Waals surface area (Å²) >= 11 is 0. The van der Waals surface area contributed by atoms with Crippen molar-refractivity contribution >= 4 is 29.9 Å². The van der Waals surface area contributed by atoms with E-state index < -0.39 is 17.9 Å². The molecule has 2 amide bonds. The van der Waals surface area contributed by atoms with Crippen molar-refractivity contribution < 1.29 is 28.8 Å². The first-order valence-electron chi connectivity index (χ1n) is 10.8. The minimum atomic E-state index is -0.930. The van der Waals surface area contributed by atoms with E-state index in [2.05, 4.69) is 0 Å². The molecular weight excluding hydrogens is 424 g/mol. The summed E-state index contributed by atoms with van der Waals surface area (Å²) in [7, 11) is 1.30. The molecule has 0 aromatic heterocycles. The Balaban J connectivity index is 1.71. The van der Waals surface area contributed by atoms with Crippen LogP contribution in [0.2, 0.25) is 0 Å². The average molecular weight is 450 g/mol. The molecule has 1 unspecified atom stereocenters. The molecule has 2 aromatic carbocycles. The monoisotopic (exact) mass is 450 g/mol. The lowest BCUT2D eigenvalue weighted by atomic mass is 9.93. The molecule has 0 aliphatic carbocycles. The number of Topliss-reactive ketones (excluding diaryl/α,β-unsaturated/α-hetero) is 1. The summed E-state index contributed by atoms with van der Waals surface area (Å²) in [5.41, 5.74) is 2.36. The van der Waals surface area contributed by atoms with Crippen molar-refractivity contribution in [1.82, 2.24) is 9.96 Å². The molecule has 8 heteroatoms. The Morgan fingerprint density at radius 1 is 0.970 bits per heavy atom. The zero-order valence-corrected chi connectivity index (χ0v) is 18.4. The first kappa shape index (κ1) is 23.8. The summed E-state index contributed by atoms with van der Waals surface area (Å²) < 4.78 is 0. The van der Waals surface area contributed by atoms with Crippen LogP contribution in [0.25, 0.3) is 0 Å². The zero-order chi connectivity index (χ0) is 23.8. The number of hydroxylamine groups is 2. The molecule has 1 aliphatic heterocycles. The van der Waals surface area contributed by atoms with E-state index in [1.165, 1.54) is 11.9 Å². The van der Waals surface area contributed by atoms with Crippen LogP contribution < -0.4 is 0 Å². The Labute approximate surface area is 192 Å². The second-order valence-electron chi connectivity index (χ2n) is 7.81. The van der Waals surface area contributed by atoms with Crippen molar-refractivity contribution in [3.05, 3.63) is 71.3 Å². The van der Waals surface area contributed by atoms with Gasteiger partial charge in [-0.25, -0.2) is 4.79 Å². The van der Waals surface area contributed by atoms with Gasteiger partial charge in [-0.3, -0.25) is 14.4 Å². The zero-order valence-electron chi connectivity index (χ0n) is 18.4. The normalized spacial score (nSPS) is 14.7. The van der Waals surface area contributed by atoms with Crippen LogP contribution in [0.5, 0.6) is 0 Å². The third kappa shape index (κ3) is 6.12. The number of carbonyl (C=O) groups is 5. The predicted molar refractivity (Wildman–Crippen MR) is 119 cm³/mol. The van der Waals surface area contributed by atoms with Crippen LogP contribution in [0, 0.1) is 0 Å². The maximum Gasteiger partial charge on any atom is 0.355 e. The van der Waals surface area contributed by atoms with Crippen LogP contribution in [0.1, 0.15) is 47.2 Å². The number of hydrogen-bond donors (Lipinski definition) is 0. The van der Waals surface area contributed by atoms with Gasteiger partial charge in [0.05, 0.1) is 0 Å². The Morgan fingerprint density at radius 2 is 1.64 bits per heavy atom. The molecule has 0 saturated heterocycles. The highest BCUT2D eigenvalue weighted by Gasteiger charge is 2.36. The van der Waals surface area contributed by atoms with E-state index >= 15 is 0 Å². The lowest BCUT2D eigenvalue weighted by Gasteiger charge is -2.36. The highest BCUT2D eigenvalue weighted by Crippen LogP contribution is 2.25. The first-order valence-corrected chi connectivity index (χ1v) is 10.8. The molecule has 0 spiro atoms. The fraction of sp³-hybridized carbons (Fsp3) is 0.320. The van der Waals surface area contributed by atoms with E-state index in [-0.39, 0.29) is 50.3 Å². The smallest absolute Gasteiger partial charge is 0.336 e. The molecule has 8 nitrogen and oxygen atoms in total. The van der Waals surface area contributed by atoms with Crippen molar-refractivity contribution in [2.75, 3.05) is 7.05 Å². The van der Waals surface area contributed by atoms with Gasteiger partial charge in [-0.05, 0) is 11.1 Å². The second kappa shape index (κ2) is 11.2. The number of hydrogen-bond acceptors (Lipinski definition) is 6. The van der Waals surface area contributed by atoms with Crippen molar-refractivity contribution in [3.63, 3.8) is 0 Å². The van der Waals surface area contributed by atoms with E-state index in [4.69, 9.17) is 4.84 Å². The largest absolute Gasteiger partial charge is 0.355 e. The first-order chi connectivity index (χ1) is 15.9. The molecule has 1 atom stereocenters. The average Bonchev–Trinajstić information content (AvgIpc) is 2.85. The molecule has 0 saturated carbocycles. The summed E-state index contributed by atoms with van der Waals surface area (Å²) in [6, 6.07) is 15.3. The van der Waals surface area contributed by atoms with Gasteiger partial charge in [-0.1, -0.05) is 54.6 Å². The molecule has 0 fully saturated rings. The lowest BCUT2D eigenvalue weighted by Crippen LogP contribution is -2.50. The molecule has 1 aliphatic rings. The van der Waals surface area contributed by atoms with Gasteiger partial charge in [0.25, 0.3) is 5.91 Å². The summed E-state index contributed by atoms with van der Waals surface area (Å²) in [4.78, 5) is 67.5. The Morgan fingerprint density at radius 3 is 2.33 bits per heavy atom. The minimum absolute atomic E-state index is 0.0207. The number of nitrogens with zero attached hydrogens (tertiary/aromatic N) is 2. The molecule has 1 heterocycles. The quantitative estimate of drug-likeness (QED) is 0.348. The SMILES string of the molecule is CN(OC(=O)C1Cc2ccccc2CN1C(=O)CCC(=O)c1ccccc1)C(=O)CCC=O. The van der Waals surface area contributed by atoms with Crippen molar-refractivity contribution in [1.29, 1.82) is 0 Å². The molecule has 3 rings (SSSR count). The van der Waals surface area contributed by atoms with Crippen LogP contribution >= 0.6 is 0 Å². The Hall–Kier alpha value is -3.81. The summed E-state index contributed by atoms with van der Waals surface area (Å²) in [6.45, 7) is 0.205. The number of amides is 2. The molecule has 2 aromatic rings. The fourth-order valence-electron chi connectivity index (χ4n) is 3.71. The van der Waals surface area contributed by atoms with E-state index in [0.29, 0.717) is 11.8 Å². The predicted octanol–water partition coefficient (Wildman–Crippen LogP) is 2.50. The van der Waals surface area contributed by atoms with E-state index in [1.807, 2.05) is 30.3 Å². The molecule has 172 valence electrons. The number of rotatable bonds is 8. The fourth-order valence-corrected chi connectivity index (χ4v) is 3.71. The van der Waals surface area contributed by atoms with Crippen LogP contribution in [0.3, 0.4) is 0 Å².